The summed E-state index contributed by atoms with van der Waals surface area (Å²) in [6, 6.07) is 0. The minimum atomic E-state index is -0.929. The molecule has 0 aromatic carbocycles. The van der Waals surface area contributed by atoms with Gasteiger partial charge in [-0.15, -0.1) is 0 Å². The molecule has 0 spiro atoms. The molecular weight excluding hydrogens is 236 g/mol. The molecule has 0 atom stereocenters. The Balaban J connectivity index is 4.48. The van der Waals surface area contributed by atoms with Crippen LogP contribution >= 0.6 is 0 Å². The molecule has 0 aliphatic carbocycles. The van der Waals surface area contributed by atoms with Gasteiger partial charge in [-0.2, -0.15) is 0 Å². The van der Waals surface area contributed by atoms with Crippen molar-refractivity contribution in [2.45, 2.75) is 39.9 Å². The fraction of sp³-hybridized carbons (Fsp3) is 0.500. The van der Waals surface area contributed by atoms with E-state index < -0.39 is 18.2 Å². The minimum Gasteiger partial charge on any atom is -0.422 e. The SMILES string of the molecule is CCCC(OC(=O)/C=C(/C)N)OC(=O)/C=C(/C)N. The summed E-state index contributed by atoms with van der Waals surface area (Å²) in [6.07, 6.45) is 2.43. The molecule has 102 valence electrons. The van der Waals surface area contributed by atoms with E-state index in [1.54, 1.807) is 13.8 Å². The average Bonchev–Trinajstić information content (AvgIpc) is 2.14. The summed E-state index contributed by atoms with van der Waals surface area (Å²) >= 11 is 0. The van der Waals surface area contributed by atoms with Crippen molar-refractivity contribution in [3.8, 4) is 0 Å². The van der Waals surface area contributed by atoms with Crippen LogP contribution < -0.4 is 11.5 Å². The maximum Gasteiger partial charge on any atom is 0.335 e. The molecule has 0 aliphatic heterocycles. The van der Waals surface area contributed by atoms with Crippen molar-refractivity contribution in [2.75, 3.05) is 0 Å². The Morgan fingerprint density at radius 3 is 1.72 bits per heavy atom. The normalized spacial score (nSPS) is 12.4. The smallest absolute Gasteiger partial charge is 0.335 e. The Morgan fingerprint density at radius 1 is 1.06 bits per heavy atom. The van der Waals surface area contributed by atoms with Crippen LogP contribution in [0.3, 0.4) is 0 Å². The van der Waals surface area contributed by atoms with Crippen molar-refractivity contribution in [3.63, 3.8) is 0 Å². The van der Waals surface area contributed by atoms with Gasteiger partial charge in [-0.3, -0.25) is 0 Å². The van der Waals surface area contributed by atoms with Crippen LogP contribution in [0.1, 0.15) is 33.6 Å². The average molecular weight is 256 g/mol. The largest absolute Gasteiger partial charge is 0.422 e. The van der Waals surface area contributed by atoms with Crippen molar-refractivity contribution >= 4 is 11.9 Å². The number of esters is 2. The fourth-order valence-corrected chi connectivity index (χ4v) is 1.08. The first kappa shape index (κ1) is 16.0. The van der Waals surface area contributed by atoms with Gasteiger partial charge < -0.3 is 20.9 Å². The Kier molecular flexibility index (Phi) is 7.26. The Hall–Kier alpha value is -1.98. The standard InChI is InChI=1S/C12H20N2O4/c1-4-5-12(17-10(15)6-8(2)13)18-11(16)7-9(3)14/h6-7,12H,4-5,13-14H2,1-3H3/b8-6-,9-7-. The highest BCUT2D eigenvalue weighted by atomic mass is 16.7. The zero-order chi connectivity index (χ0) is 14.1. The molecule has 6 nitrogen and oxygen atoms in total. The molecule has 0 aromatic rings. The molecular formula is C12H20N2O4. The molecule has 0 heterocycles. The molecule has 0 saturated heterocycles. The van der Waals surface area contributed by atoms with Crippen LogP contribution in [0.25, 0.3) is 0 Å². The molecule has 0 bridgehead atoms. The zero-order valence-corrected chi connectivity index (χ0v) is 10.9. The van der Waals surface area contributed by atoms with Crippen molar-refractivity contribution in [1.29, 1.82) is 0 Å². The lowest BCUT2D eigenvalue weighted by Gasteiger charge is -2.16. The van der Waals surface area contributed by atoms with Crippen LogP contribution in [0, 0.1) is 0 Å². The summed E-state index contributed by atoms with van der Waals surface area (Å²) in [5.74, 6) is -1.29. The molecule has 0 aliphatic rings. The third-order valence-corrected chi connectivity index (χ3v) is 1.71. The maximum absolute atomic E-state index is 11.3. The highest BCUT2D eigenvalue weighted by Crippen LogP contribution is 2.06. The lowest BCUT2D eigenvalue weighted by atomic mass is 10.3. The van der Waals surface area contributed by atoms with Gasteiger partial charge >= 0.3 is 11.9 Å². The number of rotatable bonds is 6. The number of nitrogens with two attached hydrogens (primary N) is 2. The van der Waals surface area contributed by atoms with Crippen molar-refractivity contribution in [2.24, 2.45) is 11.5 Å². The molecule has 0 rings (SSSR count). The van der Waals surface area contributed by atoms with E-state index in [2.05, 4.69) is 0 Å². The van der Waals surface area contributed by atoms with Crippen LogP contribution in [0.15, 0.2) is 23.5 Å². The minimum absolute atomic E-state index is 0.319. The first-order valence-corrected chi connectivity index (χ1v) is 5.64. The summed E-state index contributed by atoms with van der Waals surface area (Å²) in [6.45, 7) is 4.99. The predicted octanol–water partition coefficient (Wildman–Crippen LogP) is 0.924. The van der Waals surface area contributed by atoms with Gasteiger partial charge in [0.2, 0.25) is 6.29 Å². The maximum atomic E-state index is 11.3. The van der Waals surface area contributed by atoms with E-state index >= 15 is 0 Å². The van der Waals surface area contributed by atoms with Gasteiger partial charge in [0.05, 0.1) is 0 Å². The Labute approximate surface area is 107 Å². The Morgan fingerprint density at radius 2 is 1.44 bits per heavy atom. The van der Waals surface area contributed by atoms with Gasteiger partial charge in [-0.1, -0.05) is 6.92 Å². The van der Waals surface area contributed by atoms with E-state index in [4.69, 9.17) is 20.9 Å². The molecule has 0 aromatic heterocycles. The van der Waals surface area contributed by atoms with Gasteiger partial charge in [0.1, 0.15) is 0 Å². The third-order valence-electron chi connectivity index (χ3n) is 1.71. The van der Waals surface area contributed by atoms with Crippen molar-refractivity contribution in [1.82, 2.24) is 0 Å². The van der Waals surface area contributed by atoms with E-state index in [9.17, 15) is 9.59 Å². The number of hydrogen-bond acceptors (Lipinski definition) is 6. The highest BCUT2D eigenvalue weighted by Gasteiger charge is 2.16. The molecule has 6 heteroatoms. The molecule has 0 unspecified atom stereocenters. The van der Waals surface area contributed by atoms with E-state index in [1.807, 2.05) is 6.92 Å². The number of allylic oxidation sites excluding steroid dienone is 2. The zero-order valence-electron chi connectivity index (χ0n) is 10.9. The van der Waals surface area contributed by atoms with Crippen LogP contribution in [0.5, 0.6) is 0 Å². The van der Waals surface area contributed by atoms with Gasteiger partial charge in [0.15, 0.2) is 0 Å². The first-order chi connectivity index (χ1) is 8.35. The van der Waals surface area contributed by atoms with Gasteiger partial charge in [0.25, 0.3) is 0 Å². The van der Waals surface area contributed by atoms with E-state index in [0.29, 0.717) is 24.2 Å². The van der Waals surface area contributed by atoms with Crippen LogP contribution in [0.4, 0.5) is 0 Å². The number of ether oxygens (including phenoxy) is 2. The molecule has 18 heavy (non-hydrogen) atoms. The van der Waals surface area contributed by atoms with Crippen LogP contribution in [0.2, 0.25) is 0 Å². The topological polar surface area (TPSA) is 105 Å². The second-order valence-electron chi connectivity index (χ2n) is 3.87. The van der Waals surface area contributed by atoms with Gasteiger partial charge in [0, 0.05) is 30.0 Å². The number of carbonyl (C=O) groups excluding carboxylic acids is 2. The summed E-state index contributed by atoms with van der Waals surface area (Å²) in [5, 5.41) is 0. The second-order valence-corrected chi connectivity index (χ2v) is 3.87. The van der Waals surface area contributed by atoms with Crippen molar-refractivity contribution in [3.05, 3.63) is 23.5 Å². The lowest BCUT2D eigenvalue weighted by molar-refractivity contribution is -0.181. The van der Waals surface area contributed by atoms with Crippen LogP contribution in [-0.4, -0.2) is 18.2 Å². The summed E-state index contributed by atoms with van der Waals surface area (Å²) < 4.78 is 9.89. The fourth-order valence-electron chi connectivity index (χ4n) is 1.08. The third kappa shape index (κ3) is 8.20. The van der Waals surface area contributed by atoms with Crippen molar-refractivity contribution < 1.29 is 19.1 Å². The quantitative estimate of drug-likeness (QED) is 0.416. The summed E-state index contributed by atoms with van der Waals surface area (Å²) in [7, 11) is 0. The summed E-state index contributed by atoms with van der Waals surface area (Å²) in [4.78, 5) is 22.7. The molecule has 0 amide bonds. The Bertz CT molecular complexity index is 321. The predicted molar refractivity (Wildman–Crippen MR) is 66.8 cm³/mol. The molecule has 0 radical (unpaired) electrons. The number of hydrogen-bond donors (Lipinski definition) is 2. The monoisotopic (exact) mass is 256 g/mol. The lowest BCUT2D eigenvalue weighted by Crippen LogP contribution is -2.23. The van der Waals surface area contributed by atoms with E-state index in [1.165, 1.54) is 0 Å². The molecule has 0 saturated carbocycles. The number of carbonyl (C=O) groups is 2. The van der Waals surface area contributed by atoms with Crippen LogP contribution in [-0.2, 0) is 19.1 Å². The molecule has 0 fully saturated rings. The molecule has 4 N–H and O–H groups in total. The van der Waals surface area contributed by atoms with E-state index in [0.717, 1.165) is 12.2 Å². The van der Waals surface area contributed by atoms with Gasteiger partial charge in [-0.25, -0.2) is 9.59 Å². The van der Waals surface area contributed by atoms with Gasteiger partial charge in [-0.05, 0) is 20.3 Å². The van der Waals surface area contributed by atoms with E-state index in [-0.39, 0.29) is 0 Å². The summed E-state index contributed by atoms with van der Waals surface area (Å²) in [5.41, 5.74) is 11.3. The second kappa shape index (κ2) is 8.16. The highest BCUT2D eigenvalue weighted by molar-refractivity contribution is 5.84. The first-order valence-electron chi connectivity index (χ1n) is 5.64.